The van der Waals surface area contributed by atoms with E-state index >= 15 is 0 Å². The summed E-state index contributed by atoms with van der Waals surface area (Å²) in [6.07, 6.45) is 0. The Bertz CT molecular complexity index is 677. The molecule has 0 aliphatic heterocycles. The largest absolute Gasteiger partial charge is 0.433 e. The zero-order valence-electron chi connectivity index (χ0n) is 12.2. The molecule has 2 N–H and O–H groups in total. The van der Waals surface area contributed by atoms with Crippen molar-refractivity contribution in [2.45, 2.75) is 20.5 Å². The molecule has 0 heterocycles. The molecule has 3 nitrogen and oxygen atoms in total. The fourth-order valence-corrected chi connectivity index (χ4v) is 2.18. The van der Waals surface area contributed by atoms with Crippen LogP contribution in [0, 0.1) is 13.8 Å². The fraction of sp³-hybridized carbons (Fsp3) is 0.188. The summed E-state index contributed by atoms with van der Waals surface area (Å²) in [7, 11) is 0. The molecule has 116 valence electrons. The maximum absolute atomic E-state index is 12.4. The van der Waals surface area contributed by atoms with Crippen LogP contribution in [0.4, 0.5) is 20.2 Å². The molecular formula is C16H16F2N2OS. The van der Waals surface area contributed by atoms with E-state index in [2.05, 4.69) is 15.4 Å². The number of nitrogens with one attached hydrogen (secondary N) is 2. The van der Waals surface area contributed by atoms with Gasteiger partial charge in [0, 0.05) is 5.69 Å². The molecule has 0 amide bonds. The molecule has 0 unspecified atom stereocenters. The van der Waals surface area contributed by atoms with E-state index in [1.54, 1.807) is 12.1 Å². The first-order valence-electron chi connectivity index (χ1n) is 6.64. The molecule has 2 rings (SSSR count). The van der Waals surface area contributed by atoms with E-state index in [-0.39, 0.29) is 5.75 Å². The lowest BCUT2D eigenvalue weighted by Crippen LogP contribution is -2.20. The number of hydrogen-bond donors (Lipinski definition) is 2. The SMILES string of the molecule is Cc1cccc(NC(=S)Nc2cc(C)ccc2OC(F)F)c1. The van der Waals surface area contributed by atoms with Crippen LogP contribution in [0.1, 0.15) is 11.1 Å². The number of aryl methyl sites for hydroxylation is 2. The van der Waals surface area contributed by atoms with Crippen LogP contribution < -0.4 is 15.4 Å². The highest BCUT2D eigenvalue weighted by Gasteiger charge is 2.11. The van der Waals surface area contributed by atoms with Gasteiger partial charge in [0.25, 0.3) is 0 Å². The van der Waals surface area contributed by atoms with Gasteiger partial charge in [-0.2, -0.15) is 8.78 Å². The summed E-state index contributed by atoms with van der Waals surface area (Å²) in [5.41, 5.74) is 3.21. The number of hydrogen-bond acceptors (Lipinski definition) is 2. The van der Waals surface area contributed by atoms with Crippen LogP contribution in [0.3, 0.4) is 0 Å². The molecule has 0 radical (unpaired) electrons. The first-order valence-corrected chi connectivity index (χ1v) is 7.05. The summed E-state index contributed by atoms with van der Waals surface area (Å²) in [6, 6.07) is 12.5. The third-order valence-corrected chi connectivity index (χ3v) is 3.08. The van der Waals surface area contributed by atoms with Gasteiger partial charge in [0.1, 0.15) is 5.75 Å². The summed E-state index contributed by atoms with van der Waals surface area (Å²) in [5, 5.41) is 6.20. The maximum atomic E-state index is 12.4. The van der Waals surface area contributed by atoms with Gasteiger partial charge < -0.3 is 15.4 Å². The molecule has 6 heteroatoms. The van der Waals surface area contributed by atoms with Crippen molar-refractivity contribution in [1.29, 1.82) is 0 Å². The van der Waals surface area contributed by atoms with Gasteiger partial charge in [-0.3, -0.25) is 0 Å². The number of thiocarbonyl (C=S) groups is 1. The first-order chi connectivity index (χ1) is 10.4. The topological polar surface area (TPSA) is 33.3 Å². The van der Waals surface area contributed by atoms with Crippen LogP contribution in [0.2, 0.25) is 0 Å². The normalized spacial score (nSPS) is 10.4. The van der Waals surface area contributed by atoms with Gasteiger partial charge in [-0.25, -0.2) is 0 Å². The van der Waals surface area contributed by atoms with Gasteiger partial charge >= 0.3 is 6.61 Å². The Morgan fingerprint density at radius 2 is 1.77 bits per heavy atom. The second-order valence-electron chi connectivity index (χ2n) is 4.83. The number of alkyl halides is 2. The summed E-state index contributed by atoms with van der Waals surface area (Å²) >= 11 is 5.21. The number of halogens is 2. The van der Waals surface area contributed by atoms with E-state index in [1.807, 2.05) is 38.1 Å². The zero-order chi connectivity index (χ0) is 16.1. The number of ether oxygens (including phenoxy) is 1. The fourth-order valence-electron chi connectivity index (χ4n) is 1.95. The van der Waals surface area contributed by atoms with Crippen LogP contribution in [-0.4, -0.2) is 11.7 Å². The Hall–Kier alpha value is -2.21. The highest BCUT2D eigenvalue weighted by atomic mass is 32.1. The lowest BCUT2D eigenvalue weighted by molar-refractivity contribution is -0.0493. The number of rotatable bonds is 4. The van der Waals surface area contributed by atoms with E-state index in [0.29, 0.717) is 10.8 Å². The Labute approximate surface area is 133 Å². The van der Waals surface area contributed by atoms with Crippen molar-refractivity contribution in [1.82, 2.24) is 0 Å². The average Bonchev–Trinajstić information content (AvgIpc) is 2.41. The predicted octanol–water partition coefficient (Wildman–Crippen LogP) is 4.71. The van der Waals surface area contributed by atoms with Gasteiger partial charge in [-0.15, -0.1) is 0 Å². The summed E-state index contributed by atoms with van der Waals surface area (Å²) in [6.45, 7) is 0.937. The molecule has 0 bridgehead atoms. The standard InChI is InChI=1S/C16H16F2N2OS/c1-10-4-3-5-12(8-10)19-16(22)20-13-9-11(2)6-7-14(13)21-15(17)18/h3-9,15H,1-2H3,(H2,19,20,22). The van der Waals surface area contributed by atoms with Crippen molar-refractivity contribution in [2.75, 3.05) is 10.6 Å². The van der Waals surface area contributed by atoms with E-state index in [9.17, 15) is 8.78 Å². The van der Waals surface area contributed by atoms with E-state index in [4.69, 9.17) is 12.2 Å². The minimum Gasteiger partial charge on any atom is -0.433 e. The third-order valence-electron chi connectivity index (χ3n) is 2.88. The molecule has 0 saturated heterocycles. The van der Waals surface area contributed by atoms with E-state index < -0.39 is 6.61 Å². The smallest absolute Gasteiger partial charge is 0.387 e. The quantitative estimate of drug-likeness (QED) is 0.799. The van der Waals surface area contributed by atoms with Crippen LogP contribution in [0.5, 0.6) is 5.75 Å². The molecule has 0 aliphatic carbocycles. The molecule has 2 aromatic carbocycles. The zero-order valence-corrected chi connectivity index (χ0v) is 13.0. The minimum absolute atomic E-state index is 0.0500. The van der Waals surface area contributed by atoms with Crippen molar-refractivity contribution in [2.24, 2.45) is 0 Å². The molecule has 0 aliphatic rings. The Morgan fingerprint density at radius 3 is 2.45 bits per heavy atom. The van der Waals surface area contributed by atoms with E-state index in [0.717, 1.165) is 16.8 Å². The van der Waals surface area contributed by atoms with Gasteiger partial charge in [0.05, 0.1) is 5.69 Å². The summed E-state index contributed by atoms with van der Waals surface area (Å²) in [4.78, 5) is 0. The average molecular weight is 322 g/mol. The Balaban J connectivity index is 2.12. The molecular weight excluding hydrogens is 306 g/mol. The predicted molar refractivity (Wildman–Crippen MR) is 88.8 cm³/mol. The second kappa shape index (κ2) is 7.17. The van der Waals surface area contributed by atoms with Crippen LogP contribution in [0.25, 0.3) is 0 Å². The third kappa shape index (κ3) is 4.66. The molecule has 0 fully saturated rings. The second-order valence-corrected chi connectivity index (χ2v) is 5.23. The van der Waals surface area contributed by atoms with Crippen molar-refractivity contribution in [3.05, 3.63) is 53.6 Å². The monoisotopic (exact) mass is 322 g/mol. The van der Waals surface area contributed by atoms with Crippen molar-refractivity contribution in [3.63, 3.8) is 0 Å². The first kappa shape index (κ1) is 16.2. The van der Waals surface area contributed by atoms with Crippen molar-refractivity contribution in [3.8, 4) is 5.75 Å². The molecule has 2 aromatic rings. The van der Waals surface area contributed by atoms with Gasteiger partial charge in [0.15, 0.2) is 5.11 Å². The lowest BCUT2D eigenvalue weighted by atomic mass is 10.2. The Kier molecular flexibility index (Phi) is 5.27. The van der Waals surface area contributed by atoms with Gasteiger partial charge in [0.2, 0.25) is 0 Å². The van der Waals surface area contributed by atoms with Crippen LogP contribution in [0.15, 0.2) is 42.5 Å². The molecule has 0 spiro atoms. The molecule has 0 atom stereocenters. The van der Waals surface area contributed by atoms with Crippen LogP contribution >= 0.6 is 12.2 Å². The van der Waals surface area contributed by atoms with Gasteiger partial charge in [-0.1, -0.05) is 18.2 Å². The number of anilines is 2. The molecule has 22 heavy (non-hydrogen) atoms. The minimum atomic E-state index is -2.89. The summed E-state index contributed by atoms with van der Waals surface area (Å²) in [5.74, 6) is 0.0500. The number of benzene rings is 2. The van der Waals surface area contributed by atoms with Crippen molar-refractivity contribution < 1.29 is 13.5 Å². The lowest BCUT2D eigenvalue weighted by Gasteiger charge is -2.15. The molecule has 0 saturated carbocycles. The summed E-state index contributed by atoms with van der Waals surface area (Å²) < 4.78 is 29.3. The highest BCUT2D eigenvalue weighted by Crippen LogP contribution is 2.27. The molecule has 0 aromatic heterocycles. The maximum Gasteiger partial charge on any atom is 0.387 e. The highest BCUT2D eigenvalue weighted by molar-refractivity contribution is 7.80. The van der Waals surface area contributed by atoms with Crippen molar-refractivity contribution >= 4 is 28.7 Å². The van der Waals surface area contributed by atoms with Gasteiger partial charge in [-0.05, 0) is 61.5 Å². The Morgan fingerprint density at radius 1 is 1.05 bits per heavy atom. The van der Waals surface area contributed by atoms with Crippen LogP contribution in [-0.2, 0) is 0 Å². The van der Waals surface area contributed by atoms with E-state index in [1.165, 1.54) is 6.07 Å².